The van der Waals surface area contributed by atoms with Gasteiger partial charge in [0.1, 0.15) is 0 Å². The smallest absolute Gasteiger partial charge is 0.308 e. The number of carboxylic acid groups (broad SMARTS) is 1. The fourth-order valence-electron chi connectivity index (χ4n) is 3.12. The van der Waals surface area contributed by atoms with E-state index in [1.165, 1.54) is 23.5 Å². The molecule has 1 aromatic carbocycles. The number of fused-ring (bicyclic) bond motifs is 1. The maximum Gasteiger partial charge on any atom is 0.308 e. The Morgan fingerprint density at radius 1 is 1.35 bits per heavy atom. The lowest BCUT2D eigenvalue weighted by Crippen LogP contribution is -2.38. The maximum atomic E-state index is 12.4. The Morgan fingerprint density at radius 3 is 2.73 bits per heavy atom. The fourth-order valence-corrected chi connectivity index (χ4v) is 4.08. The Labute approximate surface area is 152 Å². The van der Waals surface area contributed by atoms with Crippen molar-refractivity contribution in [3.63, 3.8) is 0 Å². The number of carboxylic acids is 1. The van der Waals surface area contributed by atoms with E-state index < -0.39 is 16.8 Å². The number of nitro benzene ring substituents is 1. The van der Waals surface area contributed by atoms with E-state index in [1.807, 2.05) is 0 Å². The molecule has 8 nitrogen and oxygen atoms in total. The number of thiophene rings is 1. The Morgan fingerprint density at radius 2 is 2.08 bits per heavy atom. The number of hydrogen-bond donors (Lipinski definition) is 2. The molecule has 1 aliphatic heterocycles. The number of benzene rings is 1. The maximum absolute atomic E-state index is 12.4. The Hall–Kier alpha value is -2.52. The number of nitro groups is 1. The Kier molecular flexibility index (Phi) is 5.48. The van der Waals surface area contributed by atoms with Gasteiger partial charge in [-0.2, -0.15) is 0 Å². The van der Waals surface area contributed by atoms with Crippen molar-refractivity contribution in [1.29, 1.82) is 0 Å². The summed E-state index contributed by atoms with van der Waals surface area (Å²) in [5, 5.41) is 23.6. The molecule has 0 aliphatic carbocycles. The van der Waals surface area contributed by atoms with Crippen LogP contribution in [-0.4, -0.2) is 41.7 Å². The molecule has 0 radical (unpaired) electrons. The third-order valence-electron chi connectivity index (χ3n) is 4.57. The lowest BCUT2D eigenvalue weighted by molar-refractivity contribution is -0.384. The quantitative estimate of drug-likeness (QED) is 0.589. The number of carbonyl (C=O) groups excluding carboxylic acids is 1. The molecule has 1 aliphatic rings. The first kappa shape index (κ1) is 18.3. The molecule has 138 valence electrons. The van der Waals surface area contributed by atoms with Crippen molar-refractivity contribution in [1.82, 2.24) is 5.32 Å². The standard InChI is InChI=1S/C17H18N2O6S/c20-16(18-9-13(17(21)22)10-3-5-25-6-4-10)15-8-11-7-12(19(23)24)1-2-14(11)26-15/h1-2,7-8,10,13H,3-6,9H2,(H,18,20)(H,21,22). The minimum atomic E-state index is -0.927. The van der Waals surface area contributed by atoms with Crippen LogP contribution >= 0.6 is 11.3 Å². The Balaban J connectivity index is 1.69. The van der Waals surface area contributed by atoms with Gasteiger partial charge in [-0.25, -0.2) is 0 Å². The second kappa shape index (κ2) is 7.79. The van der Waals surface area contributed by atoms with Crippen molar-refractivity contribution in [2.24, 2.45) is 11.8 Å². The molecule has 0 spiro atoms. The van der Waals surface area contributed by atoms with Gasteiger partial charge >= 0.3 is 5.97 Å². The van der Waals surface area contributed by atoms with Gasteiger partial charge in [0.25, 0.3) is 11.6 Å². The van der Waals surface area contributed by atoms with Crippen LogP contribution in [0.2, 0.25) is 0 Å². The van der Waals surface area contributed by atoms with Crippen LogP contribution in [0.3, 0.4) is 0 Å². The van der Waals surface area contributed by atoms with Gasteiger partial charge in [0.2, 0.25) is 0 Å². The van der Waals surface area contributed by atoms with Crippen LogP contribution in [-0.2, 0) is 9.53 Å². The zero-order valence-electron chi connectivity index (χ0n) is 13.8. The largest absolute Gasteiger partial charge is 0.481 e. The number of carbonyl (C=O) groups is 2. The molecule has 2 aromatic rings. The molecule has 0 bridgehead atoms. The van der Waals surface area contributed by atoms with Crippen molar-refractivity contribution >= 4 is 39.0 Å². The van der Waals surface area contributed by atoms with E-state index in [1.54, 1.807) is 12.1 Å². The lowest BCUT2D eigenvalue weighted by atomic mass is 9.86. The van der Waals surface area contributed by atoms with Gasteiger partial charge in [0.15, 0.2) is 0 Å². The highest BCUT2D eigenvalue weighted by atomic mass is 32.1. The minimum Gasteiger partial charge on any atom is -0.481 e. The number of hydrogen-bond acceptors (Lipinski definition) is 6. The SMILES string of the molecule is O=C(NCC(C(=O)O)C1CCOCC1)c1cc2cc([N+](=O)[O-])ccc2s1. The number of aliphatic carboxylic acids is 1. The number of non-ortho nitro benzene ring substituents is 1. The summed E-state index contributed by atoms with van der Waals surface area (Å²) in [6.45, 7) is 1.13. The van der Waals surface area contributed by atoms with E-state index in [0.29, 0.717) is 36.3 Å². The first-order valence-corrected chi connectivity index (χ1v) is 9.04. The molecule has 3 rings (SSSR count). The predicted octanol–water partition coefficient (Wildman–Crippen LogP) is 2.67. The predicted molar refractivity (Wildman–Crippen MR) is 95.5 cm³/mol. The summed E-state index contributed by atoms with van der Waals surface area (Å²) < 4.78 is 6.02. The first-order chi connectivity index (χ1) is 12.5. The highest BCUT2D eigenvalue weighted by Gasteiger charge is 2.30. The summed E-state index contributed by atoms with van der Waals surface area (Å²) in [5.41, 5.74) is -0.0345. The van der Waals surface area contributed by atoms with Crippen LogP contribution in [0, 0.1) is 22.0 Å². The third kappa shape index (κ3) is 4.00. The zero-order chi connectivity index (χ0) is 18.7. The van der Waals surface area contributed by atoms with Crippen LogP contribution in [0.15, 0.2) is 24.3 Å². The number of ether oxygens (including phenoxy) is 1. The van der Waals surface area contributed by atoms with E-state index in [4.69, 9.17) is 4.74 Å². The van der Waals surface area contributed by atoms with E-state index in [2.05, 4.69) is 5.32 Å². The van der Waals surface area contributed by atoms with Crippen molar-refractivity contribution in [2.45, 2.75) is 12.8 Å². The summed E-state index contributed by atoms with van der Waals surface area (Å²) in [6, 6.07) is 6.01. The normalized spacial score (nSPS) is 16.3. The highest BCUT2D eigenvalue weighted by molar-refractivity contribution is 7.20. The lowest BCUT2D eigenvalue weighted by Gasteiger charge is -2.27. The van der Waals surface area contributed by atoms with Crippen LogP contribution in [0.1, 0.15) is 22.5 Å². The Bertz CT molecular complexity index is 843. The average Bonchev–Trinajstić information content (AvgIpc) is 3.05. The van der Waals surface area contributed by atoms with Crippen molar-refractivity contribution < 1.29 is 24.4 Å². The molecule has 2 N–H and O–H groups in total. The summed E-state index contributed by atoms with van der Waals surface area (Å²) in [6.07, 6.45) is 1.33. The van der Waals surface area contributed by atoms with Crippen molar-refractivity contribution in [3.8, 4) is 0 Å². The molecule has 26 heavy (non-hydrogen) atoms. The molecule has 1 atom stereocenters. The molecular formula is C17H18N2O6S. The van der Waals surface area contributed by atoms with Gasteiger partial charge in [-0.1, -0.05) is 0 Å². The van der Waals surface area contributed by atoms with Crippen LogP contribution in [0.25, 0.3) is 10.1 Å². The second-order valence-corrected chi connectivity index (χ2v) is 7.28. The molecule has 0 saturated carbocycles. The van der Waals surface area contributed by atoms with Gasteiger partial charge in [-0.15, -0.1) is 11.3 Å². The fraction of sp³-hybridized carbons (Fsp3) is 0.412. The second-order valence-electron chi connectivity index (χ2n) is 6.19. The monoisotopic (exact) mass is 378 g/mol. The van der Waals surface area contributed by atoms with E-state index >= 15 is 0 Å². The van der Waals surface area contributed by atoms with Crippen LogP contribution < -0.4 is 5.32 Å². The van der Waals surface area contributed by atoms with Crippen LogP contribution in [0.5, 0.6) is 0 Å². The van der Waals surface area contributed by atoms with Crippen molar-refractivity contribution in [3.05, 3.63) is 39.3 Å². The molecule has 1 saturated heterocycles. The van der Waals surface area contributed by atoms with E-state index in [0.717, 1.165) is 4.70 Å². The molecular weight excluding hydrogens is 360 g/mol. The highest BCUT2D eigenvalue weighted by Crippen LogP contribution is 2.29. The van der Waals surface area contributed by atoms with E-state index in [9.17, 15) is 24.8 Å². The summed E-state index contributed by atoms with van der Waals surface area (Å²) >= 11 is 1.22. The number of rotatable bonds is 6. The number of nitrogens with one attached hydrogen (secondary N) is 1. The van der Waals surface area contributed by atoms with Gasteiger partial charge in [-0.05, 0) is 30.9 Å². The zero-order valence-corrected chi connectivity index (χ0v) is 14.7. The third-order valence-corrected chi connectivity index (χ3v) is 5.68. The molecule has 1 aromatic heterocycles. The minimum absolute atomic E-state index is 0.0217. The van der Waals surface area contributed by atoms with E-state index in [-0.39, 0.29) is 24.1 Å². The van der Waals surface area contributed by atoms with Gasteiger partial charge in [-0.3, -0.25) is 19.7 Å². The molecule has 1 amide bonds. The summed E-state index contributed by atoms with van der Waals surface area (Å²) in [7, 11) is 0. The molecule has 1 unspecified atom stereocenters. The van der Waals surface area contributed by atoms with Crippen LogP contribution in [0.4, 0.5) is 5.69 Å². The molecule has 9 heteroatoms. The van der Waals surface area contributed by atoms with Gasteiger partial charge in [0, 0.05) is 42.0 Å². The van der Waals surface area contributed by atoms with Gasteiger partial charge in [0.05, 0.1) is 15.7 Å². The number of nitrogens with zero attached hydrogens (tertiary/aromatic N) is 1. The molecule has 1 fully saturated rings. The average molecular weight is 378 g/mol. The van der Waals surface area contributed by atoms with Crippen molar-refractivity contribution in [2.75, 3.05) is 19.8 Å². The number of amides is 1. The summed E-state index contributed by atoms with van der Waals surface area (Å²) in [4.78, 5) is 34.7. The first-order valence-electron chi connectivity index (χ1n) is 8.22. The summed E-state index contributed by atoms with van der Waals surface area (Å²) in [5.74, 6) is -1.97. The van der Waals surface area contributed by atoms with Gasteiger partial charge < -0.3 is 15.2 Å². The topological polar surface area (TPSA) is 119 Å². The molecule has 2 heterocycles.